The summed E-state index contributed by atoms with van der Waals surface area (Å²) in [4.78, 5) is 14.4. The molecule has 0 unspecified atom stereocenters. The number of nitrogens with zero attached hydrogens (tertiary/aromatic N) is 3. The number of halogens is 2. The summed E-state index contributed by atoms with van der Waals surface area (Å²) in [6, 6.07) is 9.80. The maximum atomic E-state index is 12.5. The van der Waals surface area contributed by atoms with Crippen molar-refractivity contribution in [2.45, 2.75) is 13.0 Å². The van der Waals surface area contributed by atoms with E-state index in [9.17, 15) is 4.79 Å². The molecule has 1 aromatic heterocycles. The molecule has 1 N–H and O–H groups in total. The van der Waals surface area contributed by atoms with Crippen molar-refractivity contribution in [2.24, 2.45) is 0 Å². The van der Waals surface area contributed by atoms with Crippen LogP contribution in [0.2, 0.25) is 0 Å². The number of carbonyl (C=O) groups is 1. The second kappa shape index (κ2) is 7.26. The van der Waals surface area contributed by atoms with Crippen LogP contribution in [0.4, 0.5) is 0 Å². The lowest BCUT2D eigenvalue weighted by atomic mass is 10.2. The standard InChI is InChI=1S/C15H17BrN4O.ClH/c1-11-10-17-6-8-19(11)15(21)14-5-7-20(18-14)13-4-2-3-12(16)9-13;/h2-5,7,9,11,17H,6,8,10H2,1H3;1H/t11-;/m1./s1. The largest absolute Gasteiger partial charge is 0.332 e. The van der Waals surface area contributed by atoms with Gasteiger partial charge in [0.1, 0.15) is 0 Å². The average molecular weight is 386 g/mol. The van der Waals surface area contributed by atoms with Gasteiger partial charge in [-0.25, -0.2) is 4.68 Å². The van der Waals surface area contributed by atoms with Gasteiger partial charge in [0.05, 0.1) is 5.69 Å². The molecule has 0 radical (unpaired) electrons. The van der Waals surface area contributed by atoms with Crippen LogP contribution in [0.1, 0.15) is 17.4 Å². The summed E-state index contributed by atoms with van der Waals surface area (Å²) >= 11 is 3.44. The number of nitrogens with one attached hydrogen (secondary N) is 1. The quantitative estimate of drug-likeness (QED) is 0.864. The predicted octanol–water partition coefficient (Wildman–Crippen LogP) is 2.49. The Balaban J connectivity index is 0.00000176. The molecule has 0 aliphatic carbocycles. The summed E-state index contributed by atoms with van der Waals surface area (Å²) in [7, 11) is 0. The van der Waals surface area contributed by atoms with Crippen molar-refractivity contribution >= 4 is 34.2 Å². The molecule has 0 spiro atoms. The fourth-order valence-corrected chi connectivity index (χ4v) is 2.88. The van der Waals surface area contributed by atoms with Gasteiger partial charge in [-0.1, -0.05) is 22.0 Å². The molecule has 118 valence electrons. The minimum atomic E-state index is -0.00209. The van der Waals surface area contributed by atoms with Crippen molar-refractivity contribution in [2.75, 3.05) is 19.6 Å². The molecule has 1 atom stereocenters. The molecule has 1 aliphatic heterocycles. The van der Waals surface area contributed by atoms with Gasteiger partial charge in [-0.15, -0.1) is 12.4 Å². The first kappa shape index (κ1) is 17.0. The monoisotopic (exact) mass is 384 g/mol. The number of benzene rings is 1. The molecule has 3 rings (SSSR count). The van der Waals surface area contributed by atoms with Crippen LogP contribution in [0.15, 0.2) is 41.0 Å². The van der Waals surface area contributed by atoms with Crippen LogP contribution in [0, 0.1) is 0 Å². The third-order valence-electron chi connectivity index (χ3n) is 3.64. The molecular weight excluding hydrogens is 368 g/mol. The lowest BCUT2D eigenvalue weighted by Gasteiger charge is -2.33. The zero-order chi connectivity index (χ0) is 14.8. The smallest absolute Gasteiger partial charge is 0.274 e. The van der Waals surface area contributed by atoms with Gasteiger partial charge < -0.3 is 10.2 Å². The van der Waals surface area contributed by atoms with Gasteiger partial charge in [-0.3, -0.25) is 4.79 Å². The van der Waals surface area contributed by atoms with E-state index in [-0.39, 0.29) is 24.4 Å². The molecule has 1 amide bonds. The highest BCUT2D eigenvalue weighted by molar-refractivity contribution is 9.10. The summed E-state index contributed by atoms with van der Waals surface area (Å²) in [5.41, 5.74) is 1.42. The van der Waals surface area contributed by atoms with Crippen molar-refractivity contribution in [1.29, 1.82) is 0 Å². The molecule has 1 fully saturated rings. The lowest BCUT2D eigenvalue weighted by molar-refractivity contribution is 0.0649. The normalized spacial score (nSPS) is 17.9. The maximum absolute atomic E-state index is 12.5. The Kier molecular flexibility index (Phi) is 5.61. The van der Waals surface area contributed by atoms with Crippen LogP contribution >= 0.6 is 28.3 Å². The Hall–Kier alpha value is -1.37. The average Bonchev–Trinajstić information content (AvgIpc) is 2.97. The molecular formula is C15H18BrClN4O. The van der Waals surface area contributed by atoms with Gasteiger partial charge in [0.25, 0.3) is 5.91 Å². The lowest BCUT2D eigenvalue weighted by Crippen LogP contribution is -2.52. The molecule has 0 saturated carbocycles. The van der Waals surface area contributed by atoms with Crippen LogP contribution in [0.5, 0.6) is 0 Å². The van der Waals surface area contributed by atoms with Crippen LogP contribution in [0.3, 0.4) is 0 Å². The highest BCUT2D eigenvalue weighted by Crippen LogP contribution is 2.16. The molecule has 22 heavy (non-hydrogen) atoms. The Bertz CT molecular complexity index is 660. The predicted molar refractivity (Wildman–Crippen MR) is 91.9 cm³/mol. The SMILES string of the molecule is C[C@@H]1CNCCN1C(=O)c1ccn(-c2cccc(Br)c2)n1.Cl. The third kappa shape index (κ3) is 3.51. The molecule has 2 aromatic rings. The number of hydrogen-bond acceptors (Lipinski definition) is 3. The van der Waals surface area contributed by atoms with Crippen LogP contribution < -0.4 is 5.32 Å². The number of aromatic nitrogens is 2. The van der Waals surface area contributed by atoms with E-state index in [0.717, 1.165) is 29.8 Å². The van der Waals surface area contributed by atoms with Gasteiger partial charge in [-0.05, 0) is 31.2 Å². The van der Waals surface area contributed by atoms with Crippen molar-refractivity contribution in [1.82, 2.24) is 20.0 Å². The second-order valence-corrected chi connectivity index (χ2v) is 6.09. The van der Waals surface area contributed by atoms with Crippen molar-refractivity contribution in [3.05, 3.63) is 46.7 Å². The van der Waals surface area contributed by atoms with E-state index in [1.54, 1.807) is 10.7 Å². The third-order valence-corrected chi connectivity index (χ3v) is 4.14. The van der Waals surface area contributed by atoms with E-state index in [0.29, 0.717) is 5.69 Å². The molecule has 1 aromatic carbocycles. The Labute approximate surface area is 144 Å². The zero-order valence-corrected chi connectivity index (χ0v) is 14.6. The van der Waals surface area contributed by atoms with Gasteiger partial charge in [0.15, 0.2) is 5.69 Å². The maximum Gasteiger partial charge on any atom is 0.274 e. The van der Waals surface area contributed by atoms with E-state index < -0.39 is 0 Å². The van der Waals surface area contributed by atoms with Crippen LogP contribution in [0.25, 0.3) is 5.69 Å². The van der Waals surface area contributed by atoms with E-state index in [4.69, 9.17) is 0 Å². The number of piperazine rings is 1. The van der Waals surface area contributed by atoms with E-state index in [1.807, 2.05) is 35.4 Å². The highest BCUT2D eigenvalue weighted by atomic mass is 79.9. The summed E-state index contributed by atoms with van der Waals surface area (Å²) < 4.78 is 2.71. The number of carbonyl (C=O) groups excluding carboxylic acids is 1. The second-order valence-electron chi connectivity index (χ2n) is 5.18. The molecule has 2 heterocycles. The first-order chi connectivity index (χ1) is 10.1. The van der Waals surface area contributed by atoms with Crippen molar-refractivity contribution < 1.29 is 4.79 Å². The van der Waals surface area contributed by atoms with Crippen LogP contribution in [-0.4, -0.2) is 46.3 Å². The van der Waals surface area contributed by atoms with Gasteiger partial charge in [0, 0.05) is 36.3 Å². The Morgan fingerprint density at radius 1 is 1.41 bits per heavy atom. The van der Waals surface area contributed by atoms with Gasteiger partial charge in [0.2, 0.25) is 0 Å². The topological polar surface area (TPSA) is 50.2 Å². The minimum absolute atomic E-state index is 0. The summed E-state index contributed by atoms with van der Waals surface area (Å²) in [5, 5.41) is 7.70. The fourth-order valence-electron chi connectivity index (χ4n) is 2.49. The first-order valence-corrected chi connectivity index (χ1v) is 7.78. The van der Waals surface area contributed by atoms with E-state index in [2.05, 4.69) is 33.3 Å². The van der Waals surface area contributed by atoms with Gasteiger partial charge in [-0.2, -0.15) is 5.10 Å². The van der Waals surface area contributed by atoms with Gasteiger partial charge >= 0.3 is 0 Å². The molecule has 5 nitrogen and oxygen atoms in total. The summed E-state index contributed by atoms with van der Waals surface area (Å²) in [6.07, 6.45) is 1.82. The zero-order valence-electron chi connectivity index (χ0n) is 12.2. The fraction of sp³-hybridized carbons (Fsp3) is 0.333. The summed E-state index contributed by atoms with van der Waals surface area (Å²) in [6.45, 7) is 4.44. The number of rotatable bonds is 2. The Morgan fingerprint density at radius 2 is 2.23 bits per heavy atom. The number of hydrogen-bond donors (Lipinski definition) is 1. The van der Waals surface area contributed by atoms with Crippen molar-refractivity contribution in [3.8, 4) is 5.69 Å². The summed E-state index contributed by atoms with van der Waals surface area (Å²) in [5.74, 6) is -0.00209. The minimum Gasteiger partial charge on any atom is -0.332 e. The van der Waals surface area contributed by atoms with E-state index in [1.165, 1.54) is 0 Å². The van der Waals surface area contributed by atoms with Crippen LogP contribution in [-0.2, 0) is 0 Å². The number of amides is 1. The Morgan fingerprint density at radius 3 is 2.95 bits per heavy atom. The molecule has 1 saturated heterocycles. The first-order valence-electron chi connectivity index (χ1n) is 6.98. The molecule has 1 aliphatic rings. The molecule has 0 bridgehead atoms. The highest BCUT2D eigenvalue weighted by Gasteiger charge is 2.25. The van der Waals surface area contributed by atoms with E-state index >= 15 is 0 Å². The van der Waals surface area contributed by atoms with Crippen molar-refractivity contribution in [3.63, 3.8) is 0 Å². The molecule has 7 heteroatoms.